The van der Waals surface area contributed by atoms with E-state index in [9.17, 15) is 0 Å². The second-order valence-corrected chi connectivity index (χ2v) is 5.03. The molecule has 1 saturated heterocycles. The molecule has 1 atom stereocenters. The van der Waals surface area contributed by atoms with Crippen molar-refractivity contribution in [3.05, 3.63) is 47.6 Å². The van der Waals surface area contributed by atoms with Gasteiger partial charge in [0.05, 0.1) is 12.6 Å². The van der Waals surface area contributed by atoms with E-state index < -0.39 is 0 Å². The Morgan fingerprint density at radius 2 is 2.15 bits per heavy atom. The number of hydrogen-bond acceptors (Lipinski definition) is 5. The lowest BCUT2D eigenvalue weighted by Crippen LogP contribution is -2.25. The summed E-state index contributed by atoms with van der Waals surface area (Å²) in [5.74, 6) is 1.36. The minimum atomic E-state index is 0.335. The Hall–Kier alpha value is -1.72. The Morgan fingerprint density at radius 1 is 1.25 bits per heavy atom. The average Bonchev–Trinajstić information content (AvgIpc) is 3.12. The number of aromatic nitrogens is 2. The molecule has 0 radical (unpaired) electrons. The summed E-state index contributed by atoms with van der Waals surface area (Å²) in [5.41, 5.74) is 1.19. The molecule has 106 valence electrons. The van der Waals surface area contributed by atoms with Crippen molar-refractivity contribution in [2.24, 2.45) is 0 Å². The Balaban J connectivity index is 1.46. The molecule has 0 aliphatic carbocycles. The van der Waals surface area contributed by atoms with Crippen LogP contribution in [0.1, 0.15) is 30.1 Å². The van der Waals surface area contributed by atoms with Gasteiger partial charge in [-0.15, -0.1) is 0 Å². The molecule has 5 nitrogen and oxygen atoms in total. The summed E-state index contributed by atoms with van der Waals surface area (Å²) in [6, 6.07) is 10.1. The first-order chi connectivity index (χ1) is 9.90. The van der Waals surface area contributed by atoms with Crippen LogP contribution < -0.4 is 5.32 Å². The minimum Gasteiger partial charge on any atom is -0.377 e. The standard InChI is InChI=1S/C15H19N3O2/c1-2-5-12(6-3-1)9-14-17-15(20-18-14)11-16-10-13-7-4-8-19-13/h1-3,5-6,13,16H,4,7-11H2. The molecule has 5 heteroatoms. The normalized spacial score (nSPS) is 18.5. The first-order valence-corrected chi connectivity index (χ1v) is 7.08. The fourth-order valence-electron chi connectivity index (χ4n) is 2.36. The topological polar surface area (TPSA) is 60.2 Å². The summed E-state index contributed by atoms with van der Waals surface area (Å²) in [5, 5.41) is 7.30. The van der Waals surface area contributed by atoms with E-state index in [0.717, 1.165) is 31.8 Å². The fourth-order valence-corrected chi connectivity index (χ4v) is 2.36. The van der Waals surface area contributed by atoms with E-state index in [1.54, 1.807) is 0 Å². The molecule has 1 aliphatic heterocycles. The third kappa shape index (κ3) is 3.65. The highest BCUT2D eigenvalue weighted by atomic mass is 16.5. The highest BCUT2D eigenvalue weighted by Gasteiger charge is 2.15. The molecule has 1 N–H and O–H groups in total. The zero-order valence-corrected chi connectivity index (χ0v) is 11.4. The van der Waals surface area contributed by atoms with Crippen LogP contribution in [0.4, 0.5) is 0 Å². The molecular formula is C15H19N3O2. The van der Waals surface area contributed by atoms with E-state index in [2.05, 4.69) is 27.6 Å². The lowest BCUT2D eigenvalue weighted by Gasteiger charge is -2.08. The lowest BCUT2D eigenvalue weighted by atomic mass is 10.1. The largest absolute Gasteiger partial charge is 0.377 e. The van der Waals surface area contributed by atoms with Crippen molar-refractivity contribution in [1.29, 1.82) is 0 Å². The molecule has 0 amide bonds. The zero-order valence-electron chi connectivity index (χ0n) is 11.4. The van der Waals surface area contributed by atoms with Gasteiger partial charge in [-0.25, -0.2) is 0 Å². The zero-order chi connectivity index (χ0) is 13.6. The number of ether oxygens (including phenoxy) is 1. The van der Waals surface area contributed by atoms with Crippen LogP contribution in [-0.2, 0) is 17.7 Å². The first kappa shape index (κ1) is 13.3. The summed E-state index contributed by atoms with van der Waals surface area (Å²) in [4.78, 5) is 4.39. The highest BCUT2D eigenvalue weighted by molar-refractivity contribution is 5.18. The highest BCUT2D eigenvalue weighted by Crippen LogP contribution is 2.11. The Bertz CT molecular complexity index is 521. The second kappa shape index (κ2) is 6.63. The monoisotopic (exact) mass is 273 g/mol. The van der Waals surface area contributed by atoms with Gasteiger partial charge in [0, 0.05) is 19.6 Å². The van der Waals surface area contributed by atoms with Gasteiger partial charge in [0.1, 0.15) is 0 Å². The summed E-state index contributed by atoms with van der Waals surface area (Å²) in [6.07, 6.45) is 3.34. The molecule has 0 spiro atoms. The van der Waals surface area contributed by atoms with Gasteiger partial charge in [0.2, 0.25) is 5.89 Å². The van der Waals surface area contributed by atoms with Gasteiger partial charge in [0.25, 0.3) is 0 Å². The maximum Gasteiger partial charge on any atom is 0.240 e. The number of nitrogens with zero attached hydrogens (tertiary/aromatic N) is 2. The smallest absolute Gasteiger partial charge is 0.240 e. The Labute approximate surface area is 118 Å². The average molecular weight is 273 g/mol. The van der Waals surface area contributed by atoms with Crippen LogP contribution in [0.2, 0.25) is 0 Å². The quantitative estimate of drug-likeness (QED) is 0.871. The number of benzene rings is 1. The van der Waals surface area contributed by atoms with E-state index in [0.29, 0.717) is 25.0 Å². The van der Waals surface area contributed by atoms with Crippen molar-refractivity contribution in [2.45, 2.75) is 31.9 Å². The van der Waals surface area contributed by atoms with Gasteiger partial charge >= 0.3 is 0 Å². The summed E-state index contributed by atoms with van der Waals surface area (Å²) in [7, 11) is 0. The van der Waals surface area contributed by atoms with Crippen LogP contribution >= 0.6 is 0 Å². The Morgan fingerprint density at radius 3 is 2.95 bits per heavy atom. The summed E-state index contributed by atoms with van der Waals surface area (Å²) >= 11 is 0. The second-order valence-electron chi connectivity index (χ2n) is 5.03. The molecule has 20 heavy (non-hydrogen) atoms. The molecule has 1 aliphatic rings. The van der Waals surface area contributed by atoms with Gasteiger partial charge in [-0.1, -0.05) is 35.5 Å². The van der Waals surface area contributed by atoms with E-state index in [1.807, 2.05) is 18.2 Å². The van der Waals surface area contributed by atoms with Crippen molar-refractivity contribution in [2.75, 3.05) is 13.2 Å². The van der Waals surface area contributed by atoms with Crippen LogP contribution in [0.25, 0.3) is 0 Å². The van der Waals surface area contributed by atoms with Crippen LogP contribution in [0, 0.1) is 0 Å². The van der Waals surface area contributed by atoms with Gasteiger partial charge in [0.15, 0.2) is 5.82 Å². The number of hydrogen-bond donors (Lipinski definition) is 1. The Kier molecular flexibility index (Phi) is 4.40. The van der Waals surface area contributed by atoms with Crippen molar-refractivity contribution in [1.82, 2.24) is 15.5 Å². The molecule has 1 aromatic carbocycles. The maximum absolute atomic E-state index is 5.55. The molecule has 2 aromatic rings. The molecule has 3 rings (SSSR count). The first-order valence-electron chi connectivity index (χ1n) is 7.08. The molecule has 2 heterocycles. The number of rotatable bonds is 6. The third-order valence-corrected chi connectivity index (χ3v) is 3.39. The van der Waals surface area contributed by atoms with E-state index in [1.165, 1.54) is 5.56 Å². The van der Waals surface area contributed by atoms with Crippen molar-refractivity contribution in [3.63, 3.8) is 0 Å². The van der Waals surface area contributed by atoms with Gasteiger partial charge in [-0.2, -0.15) is 4.98 Å². The fraction of sp³-hybridized carbons (Fsp3) is 0.467. The molecular weight excluding hydrogens is 254 g/mol. The van der Waals surface area contributed by atoms with Crippen LogP contribution in [0.15, 0.2) is 34.9 Å². The molecule has 1 unspecified atom stereocenters. The predicted molar refractivity (Wildman–Crippen MR) is 74.2 cm³/mol. The molecule has 0 bridgehead atoms. The van der Waals surface area contributed by atoms with Crippen molar-refractivity contribution in [3.8, 4) is 0 Å². The lowest BCUT2D eigenvalue weighted by molar-refractivity contribution is 0.109. The van der Waals surface area contributed by atoms with Gasteiger partial charge in [-0.05, 0) is 18.4 Å². The molecule has 1 aromatic heterocycles. The summed E-state index contributed by atoms with van der Waals surface area (Å²) < 4.78 is 10.8. The van der Waals surface area contributed by atoms with Crippen molar-refractivity contribution >= 4 is 0 Å². The van der Waals surface area contributed by atoms with E-state index in [-0.39, 0.29) is 0 Å². The SMILES string of the molecule is c1ccc(Cc2noc(CNCC3CCCO3)n2)cc1. The van der Waals surface area contributed by atoms with Crippen LogP contribution in [0.5, 0.6) is 0 Å². The predicted octanol–water partition coefficient (Wildman–Crippen LogP) is 1.93. The van der Waals surface area contributed by atoms with Gasteiger partial charge in [-0.3, -0.25) is 0 Å². The van der Waals surface area contributed by atoms with Crippen molar-refractivity contribution < 1.29 is 9.26 Å². The summed E-state index contributed by atoms with van der Waals surface area (Å²) in [6.45, 7) is 2.33. The van der Waals surface area contributed by atoms with Gasteiger partial charge < -0.3 is 14.6 Å². The van der Waals surface area contributed by atoms with E-state index >= 15 is 0 Å². The maximum atomic E-state index is 5.55. The number of nitrogens with one attached hydrogen (secondary N) is 1. The molecule has 0 saturated carbocycles. The van der Waals surface area contributed by atoms with E-state index in [4.69, 9.17) is 9.26 Å². The minimum absolute atomic E-state index is 0.335. The third-order valence-electron chi connectivity index (χ3n) is 3.39. The van der Waals surface area contributed by atoms with Crippen LogP contribution in [-0.4, -0.2) is 29.4 Å². The van der Waals surface area contributed by atoms with Crippen LogP contribution in [0.3, 0.4) is 0 Å². The molecule has 1 fully saturated rings.